The van der Waals surface area contributed by atoms with E-state index in [-0.39, 0.29) is 11.4 Å². The third-order valence-electron chi connectivity index (χ3n) is 1.99. The molecule has 0 aliphatic heterocycles. The molecule has 0 saturated heterocycles. The zero-order valence-electron chi connectivity index (χ0n) is 8.41. The summed E-state index contributed by atoms with van der Waals surface area (Å²) in [5, 5.41) is 10.1. The van der Waals surface area contributed by atoms with E-state index in [1.165, 1.54) is 12.3 Å². The molecular weight excluding hydrogens is 214 g/mol. The van der Waals surface area contributed by atoms with Crippen LogP contribution in [0.15, 0.2) is 24.4 Å². The molecule has 4 nitrogen and oxygen atoms in total. The molecule has 2 rings (SSSR count). The summed E-state index contributed by atoms with van der Waals surface area (Å²) >= 11 is 0. The number of nitrogens with zero attached hydrogens (tertiary/aromatic N) is 3. The SMILES string of the molecule is CNc1cnnc(-c2ccc(F)cc2F)n1. The topological polar surface area (TPSA) is 50.7 Å². The highest BCUT2D eigenvalue weighted by molar-refractivity contribution is 5.56. The monoisotopic (exact) mass is 222 g/mol. The van der Waals surface area contributed by atoms with Crippen LogP contribution in [0.5, 0.6) is 0 Å². The van der Waals surface area contributed by atoms with Gasteiger partial charge in [0.25, 0.3) is 0 Å². The van der Waals surface area contributed by atoms with E-state index in [4.69, 9.17) is 0 Å². The van der Waals surface area contributed by atoms with E-state index in [0.717, 1.165) is 12.1 Å². The molecule has 0 aliphatic rings. The van der Waals surface area contributed by atoms with E-state index in [1.54, 1.807) is 7.05 Å². The van der Waals surface area contributed by atoms with Gasteiger partial charge in [0, 0.05) is 13.1 Å². The molecule has 1 aromatic carbocycles. The van der Waals surface area contributed by atoms with Crippen molar-refractivity contribution in [1.29, 1.82) is 0 Å². The highest BCUT2D eigenvalue weighted by atomic mass is 19.1. The fourth-order valence-corrected chi connectivity index (χ4v) is 1.21. The Morgan fingerprint density at radius 1 is 1.25 bits per heavy atom. The summed E-state index contributed by atoms with van der Waals surface area (Å²) < 4.78 is 26.1. The molecule has 1 heterocycles. The zero-order chi connectivity index (χ0) is 11.5. The lowest BCUT2D eigenvalue weighted by atomic mass is 10.2. The summed E-state index contributed by atoms with van der Waals surface area (Å²) in [5.41, 5.74) is 0.117. The smallest absolute Gasteiger partial charge is 0.186 e. The second-order valence-electron chi connectivity index (χ2n) is 3.04. The van der Waals surface area contributed by atoms with Gasteiger partial charge in [-0.15, -0.1) is 5.10 Å². The molecule has 0 spiro atoms. The van der Waals surface area contributed by atoms with Gasteiger partial charge in [-0.3, -0.25) is 0 Å². The number of aromatic nitrogens is 3. The average molecular weight is 222 g/mol. The van der Waals surface area contributed by atoms with Crippen molar-refractivity contribution in [2.75, 3.05) is 12.4 Å². The molecule has 0 atom stereocenters. The molecule has 0 aliphatic carbocycles. The molecular formula is C10H8F2N4. The minimum absolute atomic E-state index is 0.115. The van der Waals surface area contributed by atoms with E-state index in [9.17, 15) is 8.78 Å². The van der Waals surface area contributed by atoms with Crippen LogP contribution in [0.1, 0.15) is 0 Å². The number of halogens is 2. The molecule has 16 heavy (non-hydrogen) atoms. The number of hydrogen-bond acceptors (Lipinski definition) is 4. The van der Waals surface area contributed by atoms with Crippen molar-refractivity contribution >= 4 is 5.82 Å². The quantitative estimate of drug-likeness (QED) is 0.842. The molecule has 2 aromatic rings. The van der Waals surface area contributed by atoms with E-state index < -0.39 is 11.6 Å². The molecule has 1 N–H and O–H groups in total. The van der Waals surface area contributed by atoms with Crippen LogP contribution in [0.25, 0.3) is 11.4 Å². The van der Waals surface area contributed by atoms with Gasteiger partial charge in [-0.25, -0.2) is 13.8 Å². The van der Waals surface area contributed by atoms with Crippen LogP contribution in [0.4, 0.5) is 14.6 Å². The summed E-state index contributed by atoms with van der Waals surface area (Å²) in [4.78, 5) is 4.00. The lowest BCUT2D eigenvalue weighted by molar-refractivity contribution is 0.584. The summed E-state index contributed by atoms with van der Waals surface area (Å²) in [6, 6.07) is 3.21. The molecule has 0 fully saturated rings. The minimum atomic E-state index is -0.713. The Hall–Kier alpha value is -2.11. The van der Waals surface area contributed by atoms with E-state index in [2.05, 4.69) is 20.5 Å². The highest BCUT2D eigenvalue weighted by Crippen LogP contribution is 2.19. The minimum Gasteiger partial charge on any atom is -0.372 e. The van der Waals surface area contributed by atoms with Crippen LogP contribution in [-0.4, -0.2) is 22.2 Å². The van der Waals surface area contributed by atoms with Crippen LogP contribution in [-0.2, 0) is 0 Å². The molecule has 6 heteroatoms. The normalized spacial score (nSPS) is 10.2. The maximum absolute atomic E-state index is 13.4. The van der Waals surface area contributed by atoms with Crippen LogP contribution in [0, 0.1) is 11.6 Å². The van der Waals surface area contributed by atoms with Gasteiger partial charge in [0.15, 0.2) is 5.82 Å². The predicted octanol–water partition coefficient (Wildman–Crippen LogP) is 1.86. The van der Waals surface area contributed by atoms with E-state index in [1.807, 2.05) is 0 Å². The number of anilines is 1. The summed E-state index contributed by atoms with van der Waals surface area (Å²) in [7, 11) is 1.66. The molecule has 0 unspecified atom stereocenters. The third-order valence-corrected chi connectivity index (χ3v) is 1.99. The van der Waals surface area contributed by atoms with Crippen molar-refractivity contribution in [2.24, 2.45) is 0 Å². The Kier molecular flexibility index (Phi) is 2.72. The van der Waals surface area contributed by atoms with Gasteiger partial charge in [-0.1, -0.05) is 0 Å². The maximum Gasteiger partial charge on any atom is 0.186 e. The molecule has 0 radical (unpaired) electrons. The standard InChI is InChI=1S/C10H8F2N4/c1-13-9-5-14-16-10(15-9)7-3-2-6(11)4-8(7)12/h2-5H,1H3,(H,13,15,16). The van der Waals surface area contributed by atoms with E-state index in [0.29, 0.717) is 5.82 Å². The lowest BCUT2D eigenvalue weighted by Crippen LogP contribution is -1.99. The van der Waals surface area contributed by atoms with Crippen molar-refractivity contribution in [3.05, 3.63) is 36.0 Å². The van der Waals surface area contributed by atoms with Crippen molar-refractivity contribution in [2.45, 2.75) is 0 Å². The van der Waals surface area contributed by atoms with Crippen molar-refractivity contribution < 1.29 is 8.78 Å². The fourth-order valence-electron chi connectivity index (χ4n) is 1.21. The van der Waals surface area contributed by atoms with Gasteiger partial charge < -0.3 is 5.32 Å². The maximum atomic E-state index is 13.4. The third kappa shape index (κ3) is 1.95. The van der Waals surface area contributed by atoms with Gasteiger partial charge in [-0.05, 0) is 12.1 Å². The van der Waals surface area contributed by atoms with Gasteiger partial charge in [0.2, 0.25) is 0 Å². The van der Waals surface area contributed by atoms with Gasteiger partial charge >= 0.3 is 0 Å². The van der Waals surface area contributed by atoms with Crippen LogP contribution < -0.4 is 5.32 Å². The van der Waals surface area contributed by atoms with Gasteiger partial charge in [0.1, 0.15) is 17.5 Å². The molecule has 1 aromatic heterocycles. The first-order valence-electron chi connectivity index (χ1n) is 4.53. The fraction of sp³-hybridized carbons (Fsp3) is 0.100. The largest absolute Gasteiger partial charge is 0.372 e. The summed E-state index contributed by atoms with van der Waals surface area (Å²) in [5.74, 6) is -0.771. The molecule has 82 valence electrons. The Balaban J connectivity index is 2.49. The van der Waals surface area contributed by atoms with Crippen LogP contribution in [0.2, 0.25) is 0 Å². The highest BCUT2D eigenvalue weighted by Gasteiger charge is 2.09. The number of nitrogens with one attached hydrogen (secondary N) is 1. The Morgan fingerprint density at radius 3 is 2.75 bits per heavy atom. The average Bonchev–Trinajstić information content (AvgIpc) is 2.29. The number of benzene rings is 1. The predicted molar refractivity (Wildman–Crippen MR) is 54.7 cm³/mol. The number of rotatable bonds is 2. The molecule has 0 saturated carbocycles. The van der Waals surface area contributed by atoms with Gasteiger partial charge in [0.05, 0.1) is 11.8 Å². The second kappa shape index (κ2) is 4.18. The number of hydrogen-bond donors (Lipinski definition) is 1. The summed E-state index contributed by atoms with van der Waals surface area (Å²) in [6.07, 6.45) is 1.41. The summed E-state index contributed by atoms with van der Waals surface area (Å²) in [6.45, 7) is 0. The van der Waals surface area contributed by atoms with Crippen molar-refractivity contribution in [3.8, 4) is 11.4 Å². The molecule has 0 amide bonds. The van der Waals surface area contributed by atoms with Crippen molar-refractivity contribution in [3.63, 3.8) is 0 Å². The van der Waals surface area contributed by atoms with Crippen LogP contribution in [0.3, 0.4) is 0 Å². The second-order valence-corrected chi connectivity index (χ2v) is 3.04. The van der Waals surface area contributed by atoms with Gasteiger partial charge in [-0.2, -0.15) is 5.10 Å². The molecule has 0 bridgehead atoms. The first kappa shape index (κ1) is 10.4. The first-order chi connectivity index (χ1) is 7.70. The van der Waals surface area contributed by atoms with E-state index >= 15 is 0 Å². The lowest BCUT2D eigenvalue weighted by Gasteiger charge is -2.03. The zero-order valence-corrected chi connectivity index (χ0v) is 8.41. The Bertz CT molecular complexity index is 516. The van der Waals surface area contributed by atoms with Crippen molar-refractivity contribution in [1.82, 2.24) is 15.2 Å². The first-order valence-corrected chi connectivity index (χ1v) is 4.53. The Morgan fingerprint density at radius 2 is 2.06 bits per heavy atom. The van der Waals surface area contributed by atoms with Crippen LogP contribution >= 0.6 is 0 Å². The Labute approximate surface area is 90.4 Å².